The van der Waals surface area contributed by atoms with Crippen molar-refractivity contribution in [1.29, 1.82) is 0 Å². The number of nitrogens with two attached hydrogens (primary N) is 1. The van der Waals surface area contributed by atoms with Crippen LogP contribution in [0.4, 0.5) is 5.82 Å². The summed E-state index contributed by atoms with van der Waals surface area (Å²) >= 11 is 5.11. The van der Waals surface area contributed by atoms with Crippen LogP contribution < -0.4 is 5.73 Å². The van der Waals surface area contributed by atoms with Crippen molar-refractivity contribution in [3.8, 4) is 0 Å². The maximum atomic E-state index is 11.7. The Balaban J connectivity index is 2.74. The number of Topliss-reactive ketones (excluding diaryl/α,β-unsaturated/α-hetero) is 1. The van der Waals surface area contributed by atoms with Gasteiger partial charge in [-0.1, -0.05) is 12.2 Å². The highest BCUT2D eigenvalue weighted by Gasteiger charge is 2.20. The molecule has 5 heteroatoms. The lowest BCUT2D eigenvalue weighted by Gasteiger charge is -2.16. The van der Waals surface area contributed by atoms with Gasteiger partial charge in [-0.3, -0.25) is 9.36 Å². The second kappa shape index (κ2) is 4.02. The van der Waals surface area contributed by atoms with Gasteiger partial charge in [0.1, 0.15) is 5.82 Å². The van der Waals surface area contributed by atoms with E-state index in [9.17, 15) is 4.79 Å². The van der Waals surface area contributed by atoms with Crippen LogP contribution in [0.5, 0.6) is 0 Å². The van der Waals surface area contributed by atoms with Gasteiger partial charge in [-0.2, -0.15) is 0 Å². The number of fused-ring (bicyclic) bond motifs is 1. The summed E-state index contributed by atoms with van der Waals surface area (Å²) in [4.78, 5) is 15.9. The SMILES string of the molecule is C=CCn1c(N)c2c(nc1=S)C=CCC2=O. The van der Waals surface area contributed by atoms with E-state index in [1.807, 2.05) is 0 Å². The Kier molecular flexibility index (Phi) is 2.70. The molecule has 0 unspecified atom stereocenters. The van der Waals surface area contributed by atoms with Gasteiger partial charge in [0.2, 0.25) is 4.77 Å². The minimum Gasteiger partial charge on any atom is -0.384 e. The lowest BCUT2D eigenvalue weighted by Crippen LogP contribution is -2.17. The summed E-state index contributed by atoms with van der Waals surface area (Å²) < 4.78 is 1.98. The van der Waals surface area contributed by atoms with Crippen LogP contribution in [0.2, 0.25) is 0 Å². The zero-order valence-corrected chi connectivity index (χ0v) is 9.46. The third kappa shape index (κ3) is 1.59. The highest BCUT2D eigenvalue weighted by molar-refractivity contribution is 7.71. The molecule has 82 valence electrons. The Hall–Kier alpha value is -1.75. The van der Waals surface area contributed by atoms with E-state index in [1.165, 1.54) is 0 Å². The third-order valence-electron chi connectivity index (χ3n) is 2.42. The standard InChI is InChI=1S/C11H11N3OS/c1-2-6-14-10(12)9-7(13-11(14)16)4-3-5-8(9)15/h2-4H,1,5-6,12H2. The van der Waals surface area contributed by atoms with Crippen LogP contribution in [0.1, 0.15) is 22.5 Å². The number of nitrogen functional groups attached to an aromatic ring is 1. The molecule has 1 aromatic heterocycles. The Bertz CT molecular complexity index is 557. The summed E-state index contributed by atoms with van der Waals surface area (Å²) in [6, 6.07) is 0. The maximum Gasteiger partial charge on any atom is 0.201 e. The highest BCUT2D eigenvalue weighted by atomic mass is 32.1. The molecule has 0 saturated heterocycles. The van der Waals surface area contributed by atoms with Crippen molar-refractivity contribution in [2.24, 2.45) is 0 Å². The fourth-order valence-corrected chi connectivity index (χ4v) is 1.95. The second-order valence-corrected chi connectivity index (χ2v) is 3.83. The minimum absolute atomic E-state index is 0.0182. The molecule has 4 nitrogen and oxygen atoms in total. The highest BCUT2D eigenvalue weighted by Crippen LogP contribution is 2.23. The van der Waals surface area contributed by atoms with E-state index in [-0.39, 0.29) is 5.78 Å². The number of allylic oxidation sites excluding steroid dienone is 2. The summed E-state index contributed by atoms with van der Waals surface area (Å²) in [5.74, 6) is 0.361. The molecule has 1 aliphatic rings. The van der Waals surface area contributed by atoms with Gasteiger partial charge in [-0.05, 0) is 18.3 Å². The fourth-order valence-electron chi connectivity index (χ4n) is 1.68. The molecule has 1 aliphatic carbocycles. The molecular weight excluding hydrogens is 222 g/mol. The van der Waals surface area contributed by atoms with Crippen LogP contribution in [0.3, 0.4) is 0 Å². The van der Waals surface area contributed by atoms with Crippen molar-refractivity contribution in [2.45, 2.75) is 13.0 Å². The molecule has 0 aliphatic heterocycles. The second-order valence-electron chi connectivity index (χ2n) is 3.47. The quantitative estimate of drug-likeness (QED) is 0.626. The number of aromatic nitrogens is 2. The van der Waals surface area contributed by atoms with Gasteiger partial charge in [0.05, 0.1) is 11.3 Å². The number of nitrogens with zero attached hydrogens (tertiary/aromatic N) is 2. The van der Waals surface area contributed by atoms with Crippen molar-refractivity contribution < 1.29 is 4.79 Å². The Morgan fingerprint density at radius 2 is 2.44 bits per heavy atom. The molecular formula is C11H11N3OS. The first-order valence-electron chi connectivity index (χ1n) is 4.86. The maximum absolute atomic E-state index is 11.7. The van der Waals surface area contributed by atoms with Gasteiger partial charge in [-0.15, -0.1) is 6.58 Å². The molecule has 0 radical (unpaired) electrons. The topological polar surface area (TPSA) is 60.9 Å². The number of hydrogen-bond acceptors (Lipinski definition) is 4. The predicted molar refractivity (Wildman–Crippen MR) is 65.7 cm³/mol. The number of rotatable bonds is 2. The number of carbonyl (C=O) groups excluding carboxylic acids is 1. The normalized spacial score (nSPS) is 13.6. The predicted octanol–water partition coefficient (Wildman–Crippen LogP) is 1.98. The third-order valence-corrected chi connectivity index (χ3v) is 2.73. The molecule has 0 amide bonds. The Labute approximate surface area is 98.1 Å². The van der Waals surface area contributed by atoms with Crippen LogP contribution in [0.15, 0.2) is 18.7 Å². The van der Waals surface area contributed by atoms with E-state index in [1.54, 1.807) is 22.8 Å². The van der Waals surface area contributed by atoms with E-state index >= 15 is 0 Å². The van der Waals surface area contributed by atoms with Gasteiger partial charge in [-0.25, -0.2) is 4.98 Å². The van der Waals surface area contributed by atoms with E-state index in [4.69, 9.17) is 18.0 Å². The van der Waals surface area contributed by atoms with Crippen LogP contribution in [-0.4, -0.2) is 15.3 Å². The molecule has 1 aromatic rings. The van der Waals surface area contributed by atoms with Gasteiger partial charge in [0.15, 0.2) is 5.78 Å². The van der Waals surface area contributed by atoms with Crippen LogP contribution in [-0.2, 0) is 6.54 Å². The van der Waals surface area contributed by atoms with E-state index in [0.717, 1.165) is 0 Å². The van der Waals surface area contributed by atoms with Crippen molar-refractivity contribution in [3.05, 3.63) is 34.8 Å². The largest absolute Gasteiger partial charge is 0.384 e. The first-order valence-corrected chi connectivity index (χ1v) is 5.27. The average Bonchev–Trinajstić information content (AvgIpc) is 2.24. The number of ketones is 1. The molecule has 0 bridgehead atoms. The number of anilines is 1. The molecule has 0 aromatic carbocycles. The molecule has 16 heavy (non-hydrogen) atoms. The monoisotopic (exact) mass is 233 g/mol. The van der Waals surface area contributed by atoms with Crippen molar-refractivity contribution in [1.82, 2.24) is 9.55 Å². The van der Waals surface area contributed by atoms with Crippen molar-refractivity contribution in [3.63, 3.8) is 0 Å². The molecule has 1 heterocycles. The summed E-state index contributed by atoms with van der Waals surface area (Å²) in [7, 11) is 0. The Morgan fingerprint density at radius 3 is 3.12 bits per heavy atom. The van der Waals surface area contributed by atoms with E-state index in [0.29, 0.717) is 34.8 Å². The van der Waals surface area contributed by atoms with Gasteiger partial charge >= 0.3 is 0 Å². The van der Waals surface area contributed by atoms with Crippen LogP contribution in [0.25, 0.3) is 6.08 Å². The summed E-state index contributed by atoms with van der Waals surface area (Å²) in [5.41, 5.74) is 6.97. The first-order chi connectivity index (χ1) is 7.65. The zero-order chi connectivity index (χ0) is 11.7. The summed E-state index contributed by atoms with van der Waals surface area (Å²) in [6.45, 7) is 4.08. The van der Waals surface area contributed by atoms with Crippen LogP contribution >= 0.6 is 12.2 Å². The molecule has 0 atom stereocenters. The van der Waals surface area contributed by atoms with Gasteiger partial charge in [0, 0.05) is 13.0 Å². The van der Waals surface area contributed by atoms with E-state index in [2.05, 4.69) is 11.6 Å². The van der Waals surface area contributed by atoms with Crippen LogP contribution in [0, 0.1) is 4.77 Å². The zero-order valence-electron chi connectivity index (χ0n) is 8.64. The molecule has 0 fully saturated rings. The molecule has 0 saturated carbocycles. The average molecular weight is 233 g/mol. The van der Waals surface area contributed by atoms with Gasteiger partial charge < -0.3 is 5.73 Å². The number of carbonyl (C=O) groups is 1. The molecule has 2 N–H and O–H groups in total. The first kappa shape index (κ1) is 10.8. The van der Waals surface area contributed by atoms with Crippen molar-refractivity contribution in [2.75, 3.05) is 5.73 Å². The fraction of sp³-hybridized carbons (Fsp3) is 0.182. The summed E-state index contributed by atoms with van der Waals surface area (Å²) in [5, 5.41) is 0. The smallest absolute Gasteiger partial charge is 0.201 e. The summed E-state index contributed by atoms with van der Waals surface area (Å²) in [6.07, 6.45) is 5.58. The molecule has 0 spiro atoms. The lowest BCUT2D eigenvalue weighted by atomic mass is 10.0. The lowest BCUT2D eigenvalue weighted by molar-refractivity contribution is 0.0994. The van der Waals surface area contributed by atoms with Gasteiger partial charge in [0.25, 0.3) is 0 Å². The van der Waals surface area contributed by atoms with E-state index < -0.39 is 0 Å². The van der Waals surface area contributed by atoms with Crippen molar-refractivity contribution >= 4 is 29.9 Å². The number of hydrogen-bond donors (Lipinski definition) is 1. The Morgan fingerprint density at radius 1 is 1.69 bits per heavy atom. The molecule has 2 rings (SSSR count). The minimum atomic E-state index is -0.0182.